The molecule has 0 aromatic rings. The van der Waals surface area contributed by atoms with Gasteiger partial charge in [0.25, 0.3) is 0 Å². The number of hydrazine groups is 1. The van der Waals surface area contributed by atoms with Crippen LogP contribution >= 0.6 is 0 Å². The average Bonchev–Trinajstić information content (AvgIpc) is 2.30. The van der Waals surface area contributed by atoms with Gasteiger partial charge in [-0.3, -0.25) is 10.2 Å². The predicted molar refractivity (Wildman–Crippen MR) is 63.8 cm³/mol. The first-order valence-corrected chi connectivity index (χ1v) is 6.52. The number of hydrogen-bond donors (Lipinski definition) is 2. The molecule has 1 aliphatic carbocycles. The van der Waals surface area contributed by atoms with Crippen molar-refractivity contribution >= 4 is 5.91 Å². The molecule has 2 fully saturated rings. The molecule has 0 aromatic heterocycles. The second-order valence-corrected chi connectivity index (χ2v) is 5.03. The Kier molecular flexibility index (Phi) is 4.18. The zero-order valence-corrected chi connectivity index (χ0v) is 10.2. The molecule has 1 saturated carbocycles. The van der Waals surface area contributed by atoms with Crippen molar-refractivity contribution in [1.82, 2.24) is 15.8 Å². The summed E-state index contributed by atoms with van der Waals surface area (Å²) in [6, 6.07) is 0.498. The Morgan fingerprint density at radius 2 is 2.06 bits per heavy atom. The maximum Gasteiger partial charge on any atom is 0.231 e. The third-order valence-corrected chi connectivity index (χ3v) is 3.78. The molecule has 2 N–H and O–H groups in total. The summed E-state index contributed by atoms with van der Waals surface area (Å²) < 4.78 is 0. The summed E-state index contributed by atoms with van der Waals surface area (Å²) >= 11 is 0. The van der Waals surface area contributed by atoms with Crippen LogP contribution in [0.25, 0.3) is 0 Å². The molecular weight excluding hydrogens is 202 g/mol. The Hall–Kier alpha value is -0.610. The lowest BCUT2D eigenvalue weighted by molar-refractivity contribution is -0.126. The van der Waals surface area contributed by atoms with Gasteiger partial charge in [-0.2, -0.15) is 0 Å². The summed E-state index contributed by atoms with van der Waals surface area (Å²) in [4.78, 5) is 11.2. The van der Waals surface area contributed by atoms with Gasteiger partial charge in [-0.25, -0.2) is 5.01 Å². The van der Waals surface area contributed by atoms with Crippen LogP contribution in [0.4, 0.5) is 0 Å². The van der Waals surface area contributed by atoms with Gasteiger partial charge in [0.1, 0.15) is 0 Å². The first kappa shape index (κ1) is 11.9. The number of piperazine rings is 1. The zero-order chi connectivity index (χ0) is 11.4. The summed E-state index contributed by atoms with van der Waals surface area (Å²) in [5.41, 5.74) is 2.98. The van der Waals surface area contributed by atoms with Crippen LogP contribution < -0.4 is 10.7 Å². The van der Waals surface area contributed by atoms with Crippen molar-refractivity contribution in [2.24, 2.45) is 5.92 Å². The molecule has 0 bridgehead atoms. The fraction of sp³-hybridized carbons (Fsp3) is 0.917. The molecule has 2 rings (SSSR count). The SMILES string of the molecule is CC(=O)NN1CCNCC1C1CCCCC1. The summed E-state index contributed by atoms with van der Waals surface area (Å²) in [5.74, 6) is 0.816. The molecule has 1 heterocycles. The highest BCUT2D eigenvalue weighted by Gasteiger charge is 2.31. The lowest BCUT2D eigenvalue weighted by Crippen LogP contribution is -2.60. The molecule has 2 aliphatic rings. The third kappa shape index (κ3) is 2.95. The van der Waals surface area contributed by atoms with Crippen molar-refractivity contribution in [2.45, 2.75) is 45.1 Å². The van der Waals surface area contributed by atoms with Crippen molar-refractivity contribution in [3.05, 3.63) is 0 Å². The third-order valence-electron chi connectivity index (χ3n) is 3.78. The molecule has 1 unspecified atom stereocenters. The van der Waals surface area contributed by atoms with Crippen LogP contribution in [0.3, 0.4) is 0 Å². The number of carbonyl (C=O) groups is 1. The van der Waals surface area contributed by atoms with Crippen molar-refractivity contribution < 1.29 is 4.79 Å². The van der Waals surface area contributed by atoms with Crippen molar-refractivity contribution in [1.29, 1.82) is 0 Å². The van der Waals surface area contributed by atoms with Crippen molar-refractivity contribution in [3.8, 4) is 0 Å². The fourth-order valence-electron chi connectivity index (χ4n) is 3.01. The summed E-state index contributed by atoms with van der Waals surface area (Å²) in [7, 11) is 0. The Morgan fingerprint density at radius 3 is 2.75 bits per heavy atom. The van der Waals surface area contributed by atoms with E-state index in [-0.39, 0.29) is 5.91 Å². The molecular formula is C12H23N3O. The standard InChI is InChI=1S/C12H23N3O/c1-10(16)14-15-8-7-13-9-12(15)11-5-3-2-4-6-11/h11-13H,2-9H2,1H3,(H,14,16). The fourth-order valence-corrected chi connectivity index (χ4v) is 3.01. The molecule has 1 amide bonds. The minimum absolute atomic E-state index is 0.0581. The van der Waals surface area contributed by atoms with E-state index in [1.54, 1.807) is 6.92 Å². The van der Waals surface area contributed by atoms with Gasteiger partial charge in [-0.1, -0.05) is 19.3 Å². The van der Waals surface area contributed by atoms with Crippen LogP contribution in [-0.4, -0.2) is 36.6 Å². The van der Waals surface area contributed by atoms with E-state index < -0.39 is 0 Å². The number of hydrogen-bond acceptors (Lipinski definition) is 3. The molecule has 4 heteroatoms. The van der Waals surface area contributed by atoms with E-state index in [1.165, 1.54) is 32.1 Å². The molecule has 0 aromatic carbocycles. The van der Waals surface area contributed by atoms with E-state index in [0.717, 1.165) is 25.6 Å². The molecule has 1 atom stereocenters. The summed E-state index contributed by atoms with van der Waals surface area (Å²) in [5, 5.41) is 5.60. The van der Waals surface area contributed by atoms with Crippen LogP contribution in [0.5, 0.6) is 0 Å². The van der Waals surface area contributed by atoms with E-state index in [0.29, 0.717) is 6.04 Å². The van der Waals surface area contributed by atoms with Gasteiger partial charge in [-0.15, -0.1) is 0 Å². The number of carbonyl (C=O) groups excluding carboxylic acids is 1. The van der Waals surface area contributed by atoms with Gasteiger partial charge in [0.2, 0.25) is 5.91 Å². The van der Waals surface area contributed by atoms with Crippen LogP contribution in [0.15, 0.2) is 0 Å². The average molecular weight is 225 g/mol. The van der Waals surface area contributed by atoms with E-state index in [1.807, 2.05) is 0 Å². The predicted octanol–water partition coefficient (Wildman–Crippen LogP) is 0.892. The van der Waals surface area contributed by atoms with Gasteiger partial charge in [0.15, 0.2) is 0 Å². The van der Waals surface area contributed by atoms with E-state index in [2.05, 4.69) is 15.8 Å². The summed E-state index contributed by atoms with van der Waals surface area (Å²) in [6.45, 7) is 4.52. The van der Waals surface area contributed by atoms with Crippen LogP contribution in [0, 0.1) is 5.92 Å². The normalized spacial score (nSPS) is 28.9. The number of nitrogens with one attached hydrogen (secondary N) is 2. The lowest BCUT2D eigenvalue weighted by atomic mass is 9.83. The Balaban J connectivity index is 1.94. The Labute approximate surface area is 97.7 Å². The monoisotopic (exact) mass is 225 g/mol. The highest BCUT2D eigenvalue weighted by Crippen LogP contribution is 2.28. The smallest absolute Gasteiger partial charge is 0.231 e. The Morgan fingerprint density at radius 1 is 1.31 bits per heavy atom. The largest absolute Gasteiger partial charge is 0.314 e. The van der Waals surface area contributed by atoms with Gasteiger partial charge < -0.3 is 5.32 Å². The highest BCUT2D eigenvalue weighted by atomic mass is 16.2. The van der Waals surface area contributed by atoms with E-state index >= 15 is 0 Å². The zero-order valence-electron chi connectivity index (χ0n) is 10.2. The topological polar surface area (TPSA) is 44.4 Å². The second-order valence-electron chi connectivity index (χ2n) is 5.03. The molecule has 16 heavy (non-hydrogen) atoms. The highest BCUT2D eigenvalue weighted by molar-refractivity contribution is 5.72. The first-order valence-electron chi connectivity index (χ1n) is 6.52. The Bertz CT molecular complexity index is 238. The van der Waals surface area contributed by atoms with Crippen LogP contribution in [0.2, 0.25) is 0 Å². The van der Waals surface area contributed by atoms with E-state index in [9.17, 15) is 4.79 Å². The lowest BCUT2D eigenvalue weighted by Gasteiger charge is -2.41. The molecule has 4 nitrogen and oxygen atoms in total. The van der Waals surface area contributed by atoms with E-state index in [4.69, 9.17) is 0 Å². The molecule has 1 saturated heterocycles. The van der Waals surface area contributed by atoms with Gasteiger partial charge in [-0.05, 0) is 18.8 Å². The molecule has 0 radical (unpaired) electrons. The maximum atomic E-state index is 11.2. The molecule has 1 aliphatic heterocycles. The van der Waals surface area contributed by atoms with Gasteiger partial charge in [0, 0.05) is 32.6 Å². The van der Waals surface area contributed by atoms with Gasteiger partial charge in [0.05, 0.1) is 0 Å². The molecule has 92 valence electrons. The number of nitrogens with zero attached hydrogens (tertiary/aromatic N) is 1. The second kappa shape index (κ2) is 5.64. The number of rotatable bonds is 2. The maximum absolute atomic E-state index is 11.2. The van der Waals surface area contributed by atoms with Crippen LogP contribution in [0.1, 0.15) is 39.0 Å². The van der Waals surface area contributed by atoms with Crippen molar-refractivity contribution in [2.75, 3.05) is 19.6 Å². The quantitative estimate of drug-likeness (QED) is 0.733. The van der Waals surface area contributed by atoms with Gasteiger partial charge >= 0.3 is 0 Å². The van der Waals surface area contributed by atoms with Crippen LogP contribution in [-0.2, 0) is 4.79 Å². The molecule has 0 spiro atoms. The minimum atomic E-state index is 0.0581. The first-order chi connectivity index (χ1) is 7.77. The number of amides is 1. The summed E-state index contributed by atoms with van der Waals surface area (Å²) in [6.07, 6.45) is 6.74. The minimum Gasteiger partial charge on any atom is -0.314 e. The van der Waals surface area contributed by atoms with Crippen molar-refractivity contribution in [3.63, 3.8) is 0 Å².